The molecule has 0 spiro atoms. The molecule has 0 unspecified atom stereocenters. The fraction of sp³-hybridized carbons (Fsp3) is 0.0769. The Labute approximate surface area is 104 Å². The van der Waals surface area contributed by atoms with Gasteiger partial charge in [-0.05, 0) is 30.7 Å². The molecule has 0 aromatic heterocycles. The maximum atomic E-state index is 10.7. The summed E-state index contributed by atoms with van der Waals surface area (Å²) < 4.78 is 5.60. The van der Waals surface area contributed by atoms with E-state index in [0.717, 1.165) is 5.56 Å². The average Bonchev–Trinajstić information content (AvgIpc) is 2.34. The van der Waals surface area contributed by atoms with E-state index in [1.165, 1.54) is 12.1 Å². The molecule has 5 nitrogen and oxygen atoms in total. The Hall–Kier alpha value is -2.56. The Morgan fingerprint density at radius 2 is 1.89 bits per heavy atom. The second kappa shape index (κ2) is 4.75. The number of nitrogen functional groups attached to an aromatic ring is 1. The van der Waals surface area contributed by atoms with Gasteiger partial charge in [-0.1, -0.05) is 12.1 Å². The van der Waals surface area contributed by atoms with Crippen LogP contribution >= 0.6 is 0 Å². The third kappa shape index (κ3) is 2.40. The molecule has 0 fully saturated rings. The van der Waals surface area contributed by atoms with Gasteiger partial charge in [-0.2, -0.15) is 0 Å². The zero-order chi connectivity index (χ0) is 13.1. The summed E-state index contributed by atoms with van der Waals surface area (Å²) in [4.78, 5) is 10.3. The number of nitrogens with zero attached hydrogens (tertiary/aromatic N) is 1. The second-order valence-corrected chi connectivity index (χ2v) is 3.85. The number of nitrogens with two attached hydrogens (primary N) is 1. The molecule has 2 rings (SSSR count). The van der Waals surface area contributed by atoms with Gasteiger partial charge in [-0.15, -0.1) is 0 Å². The molecule has 0 aliphatic heterocycles. The molecule has 0 bridgehead atoms. The number of anilines is 1. The van der Waals surface area contributed by atoms with Crippen molar-refractivity contribution in [1.29, 1.82) is 0 Å². The minimum Gasteiger partial charge on any atom is -0.455 e. The number of nitro benzene ring substituents is 1. The second-order valence-electron chi connectivity index (χ2n) is 3.85. The van der Waals surface area contributed by atoms with E-state index >= 15 is 0 Å². The smallest absolute Gasteiger partial charge is 0.273 e. The van der Waals surface area contributed by atoms with E-state index in [2.05, 4.69) is 0 Å². The lowest BCUT2D eigenvalue weighted by Gasteiger charge is -2.10. The van der Waals surface area contributed by atoms with Crippen LogP contribution in [-0.2, 0) is 0 Å². The van der Waals surface area contributed by atoms with Crippen molar-refractivity contribution in [3.8, 4) is 11.5 Å². The molecule has 0 saturated carbocycles. The van der Waals surface area contributed by atoms with Crippen molar-refractivity contribution in [3.05, 3.63) is 58.1 Å². The topological polar surface area (TPSA) is 78.4 Å². The highest BCUT2D eigenvalue weighted by molar-refractivity contribution is 5.55. The molecule has 0 aliphatic rings. The summed E-state index contributed by atoms with van der Waals surface area (Å²) in [5.74, 6) is 0.920. The molecule has 18 heavy (non-hydrogen) atoms. The molecule has 2 aromatic rings. The number of benzene rings is 2. The van der Waals surface area contributed by atoms with Gasteiger partial charge in [0.25, 0.3) is 5.69 Å². The van der Waals surface area contributed by atoms with Crippen LogP contribution < -0.4 is 10.5 Å². The monoisotopic (exact) mass is 244 g/mol. The van der Waals surface area contributed by atoms with E-state index in [1.54, 1.807) is 30.3 Å². The predicted molar refractivity (Wildman–Crippen MR) is 68.8 cm³/mol. The summed E-state index contributed by atoms with van der Waals surface area (Å²) in [6.45, 7) is 1.82. The van der Waals surface area contributed by atoms with E-state index in [4.69, 9.17) is 10.5 Å². The molecule has 0 amide bonds. The Morgan fingerprint density at radius 1 is 1.17 bits per heavy atom. The molecule has 0 atom stereocenters. The van der Waals surface area contributed by atoms with Crippen LogP contribution in [0.1, 0.15) is 5.56 Å². The Morgan fingerprint density at radius 3 is 2.56 bits per heavy atom. The molecule has 0 aliphatic carbocycles. The van der Waals surface area contributed by atoms with Gasteiger partial charge in [0, 0.05) is 6.07 Å². The normalized spacial score (nSPS) is 10.1. The Bertz CT molecular complexity index is 597. The molecule has 2 N–H and O–H groups in total. The van der Waals surface area contributed by atoms with Crippen LogP contribution in [0.2, 0.25) is 0 Å². The van der Waals surface area contributed by atoms with Crippen LogP contribution in [0.5, 0.6) is 11.5 Å². The number of non-ortho nitro benzene ring substituents is 1. The summed E-state index contributed by atoms with van der Waals surface area (Å²) in [6.07, 6.45) is 0. The predicted octanol–water partition coefficient (Wildman–Crippen LogP) is 3.28. The lowest BCUT2D eigenvalue weighted by atomic mass is 10.2. The van der Waals surface area contributed by atoms with Crippen molar-refractivity contribution in [2.75, 3.05) is 5.73 Å². The first-order valence-electron chi connectivity index (χ1n) is 5.35. The van der Waals surface area contributed by atoms with Crippen LogP contribution in [0.25, 0.3) is 0 Å². The molecular weight excluding hydrogens is 232 g/mol. The summed E-state index contributed by atoms with van der Waals surface area (Å²) in [5, 5.41) is 10.7. The maximum Gasteiger partial charge on any atom is 0.273 e. The quantitative estimate of drug-likeness (QED) is 0.510. The molecule has 0 saturated heterocycles. The largest absolute Gasteiger partial charge is 0.455 e. The summed E-state index contributed by atoms with van der Waals surface area (Å²) >= 11 is 0. The number of ether oxygens (including phenoxy) is 1. The van der Waals surface area contributed by atoms with Crippen molar-refractivity contribution < 1.29 is 9.66 Å². The van der Waals surface area contributed by atoms with Gasteiger partial charge >= 0.3 is 0 Å². The van der Waals surface area contributed by atoms with Gasteiger partial charge in [0.15, 0.2) is 0 Å². The van der Waals surface area contributed by atoms with Crippen LogP contribution in [-0.4, -0.2) is 4.92 Å². The van der Waals surface area contributed by atoms with Crippen molar-refractivity contribution >= 4 is 11.4 Å². The fourth-order valence-corrected chi connectivity index (χ4v) is 1.50. The number of para-hydroxylation sites is 2. The lowest BCUT2D eigenvalue weighted by molar-refractivity contribution is -0.384. The first-order chi connectivity index (χ1) is 8.58. The number of hydrogen-bond donors (Lipinski definition) is 1. The zero-order valence-corrected chi connectivity index (χ0v) is 9.79. The SMILES string of the molecule is Cc1ccc([N+](=O)[O-])cc1Oc1ccccc1N. The van der Waals surface area contributed by atoms with E-state index in [-0.39, 0.29) is 5.69 Å². The van der Waals surface area contributed by atoms with E-state index in [0.29, 0.717) is 17.2 Å². The Balaban J connectivity index is 2.37. The van der Waals surface area contributed by atoms with Gasteiger partial charge in [0.1, 0.15) is 11.5 Å². The molecule has 5 heteroatoms. The highest BCUT2D eigenvalue weighted by Crippen LogP contribution is 2.31. The Kier molecular flexibility index (Phi) is 3.14. The van der Waals surface area contributed by atoms with Gasteiger partial charge in [0.05, 0.1) is 16.7 Å². The van der Waals surface area contributed by atoms with Gasteiger partial charge in [0.2, 0.25) is 0 Å². The van der Waals surface area contributed by atoms with Crippen molar-refractivity contribution in [1.82, 2.24) is 0 Å². The highest BCUT2D eigenvalue weighted by atomic mass is 16.6. The highest BCUT2D eigenvalue weighted by Gasteiger charge is 2.11. The minimum absolute atomic E-state index is 0.00916. The van der Waals surface area contributed by atoms with Gasteiger partial charge in [-0.25, -0.2) is 0 Å². The summed E-state index contributed by atoms with van der Waals surface area (Å²) in [6, 6.07) is 11.5. The van der Waals surface area contributed by atoms with Crippen LogP contribution in [0.4, 0.5) is 11.4 Å². The first kappa shape index (κ1) is 11.9. The third-order valence-electron chi connectivity index (χ3n) is 2.52. The van der Waals surface area contributed by atoms with Gasteiger partial charge < -0.3 is 10.5 Å². The minimum atomic E-state index is -0.458. The fourth-order valence-electron chi connectivity index (χ4n) is 1.50. The number of aryl methyl sites for hydroxylation is 1. The lowest BCUT2D eigenvalue weighted by Crippen LogP contribution is -1.94. The molecular formula is C13H12N2O3. The molecule has 0 radical (unpaired) electrons. The maximum absolute atomic E-state index is 10.7. The van der Waals surface area contributed by atoms with Crippen LogP contribution in [0.3, 0.4) is 0 Å². The average molecular weight is 244 g/mol. The molecule has 92 valence electrons. The first-order valence-corrected chi connectivity index (χ1v) is 5.35. The van der Waals surface area contributed by atoms with Crippen LogP contribution in [0, 0.1) is 17.0 Å². The van der Waals surface area contributed by atoms with Crippen molar-refractivity contribution in [3.63, 3.8) is 0 Å². The molecule has 2 aromatic carbocycles. The molecule has 0 heterocycles. The summed E-state index contributed by atoms with van der Waals surface area (Å²) in [5.41, 5.74) is 7.05. The van der Waals surface area contributed by atoms with E-state index in [1.807, 2.05) is 6.92 Å². The zero-order valence-electron chi connectivity index (χ0n) is 9.79. The van der Waals surface area contributed by atoms with E-state index < -0.39 is 4.92 Å². The van der Waals surface area contributed by atoms with Crippen molar-refractivity contribution in [2.24, 2.45) is 0 Å². The number of nitro groups is 1. The standard InChI is InChI=1S/C13H12N2O3/c1-9-6-7-10(15(16)17)8-13(9)18-12-5-3-2-4-11(12)14/h2-8H,14H2,1H3. The summed E-state index contributed by atoms with van der Waals surface area (Å²) in [7, 11) is 0. The van der Waals surface area contributed by atoms with Gasteiger partial charge in [-0.3, -0.25) is 10.1 Å². The van der Waals surface area contributed by atoms with Crippen LogP contribution in [0.15, 0.2) is 42.5 Å². The number of rotatable bonds is 3. The van der Waals surface area contributed by atoms with Crippen molar-refractivity contribution in [2.45, 2.75) is 6.92 Å². The number of hydrogen-bond acceptors (Lipinski definition) is 4. The van der Waals surface area contributed by atoms with E-state index in [9.17, 15) is 10.1 Å². The third-order valence-corrected chi connectivity index (χ3v) is 2.52.